The maximum atomic E-state index is 12.3. The lowest BCUT2D eigenvalue weighted by Gasteiger charge is -2.25. The van der Waals surface area contributed by atoms with Gasteiger partial charge >= 0.3 is 0 Å². The van der Waals surface area contributed by atoms with Crippen LogP contribution < -0.4 is 16.4 Å². The molecule has 0 aliphatic heterocycles. The van der Waals surface area contributed by atoms with Gasteiger partial charge in [0.25, 0.3) is 5.91 Å². The van der Waals surface area contributed by atoms with Crippen molar-refractivity contribution in [3.63, 3.8) is 0 Å². The summed E-state index contributed by atoms with van der Waals surface area (Å²) in [5.74, 6) is -0.0736. The predicted octanol–water partition coefficient (Wildman–Crippen LogP) is 3.01. The second-order valence-corrected chi connectivity index (χ2v) is 6.77. The van der Waals surface area contributed by atoms with E-state index in [4.69, 9.17) is 5.73 Å². The second-order valence-electron chi connectivity index (χ2n) is 6.77. The lowest BCUT2D eigenvalue weighted by molar-refractivity contribution is -0.120. The largest absolute Gasteiger partial charge is 0.350 e. The average molecular weight is 354 g/mol. The van der Waals surface area contributed by atoms with Crippen molar-refractivity contribution < 1.29 is 9.59 Å². The summed E-state index contributed by atoms with van der Waals surface area (Å²) >= 11 is 0. The first kappa shape index (κ1) is 20.5. The summed E-state index contributed by atoms with van der Waals surface area (Å²) < 4.78 is 0. The number of aryl methyl sites for hydroxylation is 1. The zero-order valence-electron chi connectivity index (χ0n) is 14.6. The van der Waals surface area contributed by atoms with Gasteiger partial charge in [0.05, 0.1) is 0 Å². The van der Waals surface area contributed by atoms with Crippen LogP contribution in [0.5, 0.6) is 0 Å². The van der Waals surface area contributed by atoms with Crippen molar-refractivity contribution in [3.8, 4) is 0 Å². The van der Waals surface area contributed by atoms with Gasteiger partial charge in [0.15, 0.2) is 0 Å². The van der Waals surface area contributed by atoms with E-state index < -0.39 is 0 Å². The fourth-order valence-corrected chi connectivity index (χ4v) is 3.05. The molecule has 2 rings (SSSR count). The van der Waals surface area contributed by atoms with Crippen molar-refractivity contribution in [1.29, 1.82) is 0 Å². The number of nitrogens with one attached hydrogen (secondary N) is 2. The van der Waals surface area contributed by atoms with Gasteiger partial charge in [-0.05, 0) is 63.8 Å². The SMILES string of the molecule is Cc1cc(NC(=O)C2CCCC(N)C2)ccc1C(=O)NC(C)C.Cl. The van der Waals surface area contributed by atoms with E-state index in [2.05, 4.69) is 10.6 Å². The second kappa shape index (κ2) is 9.04. The number of carbonyl (C=O) groups excluding carboxylic acids is 2. The van der Waals surface area contributed by atoms with Gasteiger partial charge in [0.1, 0.15) is 0 Å². The normalized spacial score (nSPS) is 20.2. The van der Waals surface area contributed by atoms with Crippen molar-refractivity contribution >= 4 is 29.9 Å². The lowest BCUT2D eigenvalue weighted by Crippen LogP contribution is -2.34. The summed E-state index contributed by atoms with van der Waals surface area (Å²) in [6.45, 7) is 5.73. The Morgan fingerprint density at radius 3 is 2.54 bits per heavy atom. The molecule has 1 aliphatic rings. The Labute approximate surface area is 150 Å². The number of halogens is 1. The van der Waals surface area contributed by atoms with E-state index in [1.54, 1.807) is 12.1 Å². The highest BCUT2D eigenvalue weighted by Crippen LogP contribution is 2.25. The van der Waals surface area contributed by atoms with E-state index in [0.29, 0.717) is 5.56 Å². The van der Waals surface area contributed by atoms with Crippen LogP contribution in [0.3, 0.4) is 0 Å². The van der Waals surface area contributed by atoms with Crippen LogP contribution in [-0.2, 0) is 4.79 Å². The monoisotopic (exact) mass is 353 g/mol. The molecule has 2 amide bonds. The highest BCUT2D eigenvalue weighted by atomic mass is 35.5. The number of carbonyl (C=O) groups is 2. The number of anilines is 1. The van der Waals surface area contributed by atoms with Gasteiger partial charge in [0.2, 0.25) is 5.91 Å². The minimum atomic E-state index is -0.0892. The summed E-state index contributed by atoms with van der Waals surface area (Å²) in [6.07, 6.45) is 3.65. The van der Waals surface area contributed by atoms with Gasteiger partial charge in [0, 0.05) is 29.3 Å². The topological polar surface area (TPSA) is 84.2 Å². The molecule has 0 heterocycles. The molecule has 0 spiro atoms. The first-order chi connectivity index (χ1) is 10.9. The summed E-state index contributed by atoms with van der Waals surface area (Å²) in [4.78, 5) is 24.4. The Balaban J connectivity index is 0.00000288. The predicted molar refractivity (Wildman–Crippen MR) is 99.6 cm³/mol. The minimum absolute atomic E-state index is 0. The highest BCUT2D eigenvalue weighted by molar-refractivity contribution is 5.97. The molecule has 1 aliphatic carbocycles. The van der Waals surface area contributed by atoms with E-state index >= 15 is 0 Å². The van der Waals surface area contributed by atoms with Crippen molar-refractivity contribution in [1.82, 2.24) is 5.32 Å². The summed E-state index contributed by atoms with van der Waals surface area (Å²) in [6, 6.07) is 5.61. The molecule has 4 N–H and O–H groups in total. The summed E-state index contributed by atoms with van der Waals surface area (Å²) in [7, 11) is 0. The van der Waals surface area contributed by atoms with E-state index in [1.165, 1.54) is 0 Å². The van der Waals surface area contributed by atoms with E-state index in [-0.39, 0.29) is 42.2 Å². The number of hydrogen-bond acceptors (Lipinski definition) is 3. The number of hydrogen-bond donors (Lipinski definition) is 3. The van der Waals surface area contributed by atoms with Crippen LogP contribution in [0, 0.1) is 12.8 Å². The molecule has 0 bridgehead atoms. The molecule has 134 valence electrons. The maximum absolute atomic E-state index is 12.3. The minimum Gasteiger partial charge on any atom is -0.350 e. The van der Waals surface area contributed by atoms with Crippen LogP contribution in [0.4, 0.5) is 5.69 Å². The third-order valence-corrected chi connectivity index (χ3v) is 4.24. The molecule has 1 saturated carbocycles. The van der Waals surface area contributed by atoms with Gasteiger partial charge < -0.3 is 16.4 Å². The first-order valence-electron chi connectivity index (χ1n) is 8.34. The third kappa shape index (κ3) is 5.49. The molecule has 24 heavy (non-hydrogen) atoms. The standard InChI is InChI=1S/C18H27N3O2.ClH/c1-11(2)20-18(23)16-8-7-15(9-12(16)3)21-17(22)13-5-4-6-14(19)10-13;/h7-9,11,13-14H,4-6,10,19H2,1-3H3,(H,20,23)(H,21,22);1H. The van der Waals surface area contributed by atoms with Crippen LogP contribution >= 0.6 is 12.4 Å². The van der Waals surface area contributed by atoms with Crippen LogP contribution in [0.25, 0.3) is 0 Å². The molecule has 2 atom stereocenters. The maximum Gasteiger partial charge on any atom is 0.251 e. The van der Waals surface area contributed by atoms with Gasteiger partial charge in [-0.3, -0.25) is 9.59 Å². The molecule has 6 heteroatoms. The van der Waals surface area contributed by atoms with E-state index in [9.17, 15) is 9.59 Å². The fourth-order valence-electron chi connectivity index (χ4n) is 3.05. The third-order valence-electron chi connectivity index (χ3n) is 4.24. The fraction of sp³-hybridized carbons (Fsp3) is 0.556. The zero-order valence-corrected chi connectivity index (χ0v) is 15.4. The Morgan fingerprint density at radius 1 is 1.25 bits per heavy atom. The first-order valence-corrected chi connectivity index (χ1v) is 8.34. The molecule has 0 radical (unpaired) electrons. The van der Waals surface area contributed by atoms with Crippen LogP contribution in [0.1, 0.15) is 55.5 Å². The Bertz CT molecular complexity index is 590. The van der Waals surface area contributed by atoms with Gasteiger partial charge in [-0.25, -0.2) is 0 Å². The smallest absolute Gasteiger partial charge is 0.251 e. The number of amides is 2. The lowest BCUT2D eigenvalue weighted by atomic mass is 9.85. The van der Waals surface area contributed by atoms with Crippen LogP contribution in [-0.4, -0.2) is 23.9 Å². The Kier molecular flexibility index (Phi) is 7.70. The average Bonchev–Trinajstić information content (AvgIpc) is 2.46. The summed E-state index contributed by atoms with van der Waals surface area (Å²) in [5, 5.41) is 5.83. The number of nitrogens with two attached hydrogens (primary N) is 1. The van der Waals surface area contributed by atoms with Crippen LogP contribution in [0.15, 0.2) is 18.2 Å². The van der Waals surface area contributed by atoms with Crippen molar-refractivity contribution in [2.24, 2.45) is 11.7 Å². The van der Waals surface area contributed by atoms with Gasteiger partial charge in [-0.15, -0.1) is 12.4 Å². The quantitative estimate of drug-likeness (QED) is 0.777. The van der Waals surface area contributed by atoms with Crippen LogP contribution in [0.2, 0.25) is 0 Å². The molecule has 0 aromatic heterocycles. The van der Waals surface area contributed by atoms with Crippen molar-refractivity contribution in [2.75, 3.05) is 5.32 Å². The number of benzene rings is 1. The molecular weight excluding hydrogens is 326 g/mol. The Hall–Kier alpha value is -1.59. The van der Waals surface area contributed by atoms with Gasteiger partial charge in [-0.2, -0.15) is 0 Å². The molecule has 0 saturated heterocycles. The van der Waals surface area contributed by atoms with Crippen molar-refractivity contribution in [2.45, 2.75) is 58.5 Å². The van der Waals surface area contributed by atoms with E-state index in [0.717, 1.165) is 36.9 Å². The van der Waals surface area contributed by atoms with Crippen molar-refractivity contribution in [3.05, 3.63) is 29.3 Å². The summed E-state index contributed by atoms with van der Waals surface area (Å²) in [5.41, 5.74) is 8.16. The Morgan fingerprint density at radius 2 is 1.96 bits per heavy atom. The van der Waals surface area contributed by atoms with Gasteiger partial charge in [-0.1, -0.05) is 6.42 Å². The van der Waals surface area contributed by atoms with E-state index in [1.807, 2.05) is 26.8 Å². The molecule has 2 unspecified atom stereocenters. The zero-order chi connectivity index (χ0) is 17.0. The molecule has 5 nitrogen and oxygen atoms in total. The molecule has 1 aromatic rings. The molecule has 1 fully saturated rings. The molecule has 1 aromatic carbocycles. The highest BCUT2D eigenvalue weighted by Gasteiger charge is 2.25. The number of rotatable bonds is 4. The molecular formula is C18H28ClN3O2.